The first-order valence-corrected chi connectivity index (χ1v) is 11.4. The maximum absolute atomic E-state index is 12.4. The van der Waals surface area contributed by atoms with Crippen LogP contribution in [0, 0.1) is 0 Å². The van der Waals surface area contributed by atoms with Crippen LogP contribution in [0.15, 0.2) is 47.6 Å². The molecule has 0 fully saturated rings. The number of nitrogens with one attached hydrogen (secondary N) is 2. The quantitative estimate of drug-likeness (QED) is 0.427. The van der Waals surface area contributed by atoms with E-state index in [2.05, 4.69) is 20.8 Å². The molecule has 8 nitrogen and oxygen atoms in total. The molecule has 3 rings (SSSR count). The zero-order valence-electron chi connectivity index (χ0n) is 17.4. The van der Waals surface area contributed by atoms with E-state index in [9.17, 15) is 9.59 Å². The fraction of sp³-hybridized carbons (Fsp3) is 0.238. The third kappa shape index (κ3) is 6.62. The van der Waals surface area contributed by atoms with Crippen LogP contribution in [-0.2, 0) is 23.1 Å². The molecule has 2 N–H and O–H groups in total. The fourth-order valence-electron chi connectivity index (χ4n) is 2.68. The predicted molar refractivity (Wildman–Crippen MR) is 127 cm³/mol. The van der Waals surface area contributed by atoms with E-state index in [1.807, 2.05) is 6.92 Å². The molecule has 0 aliphatic rings. The molecule has 1 aromatic heterocycles. The van der Waals surface area contributed by atoms with Crippen LogP contribution >= 0.6 is 35.0 Å². The summed E-state index contributed by atoms with van der Waals surface area (Å²) >= 11 is 13.2. The molecular formula is C21H21Cl2N5O3S. The van der Waals surface area contributed by atoms with Gasteiger partial charge in [-0.15, -0.1) is 10.2 Å². The average molecular weight is 494 g/mol. The van der Waals surface area contributed by atoms with Gasteiger partial charge in [-0.05, 0) is 49.4 Å². The SMILES string of the molecule is CCOc1ccc(NC(=O)Cc2nnc(SCC(=O)Nc3cc(Cl)ccc3Cl)n2C)cc1. The summed E-state index contributed by atoms with van der Waals surface area (Å²) in [5.74, 6) is 0.815. The maximum Gasteiger partial charge on any atom is 0.234 e. The van der Waals surface area contributed by atoms with Gasteiger partial charge in [0.1, 0.15) is 11.6 Å². The number of aromatic nitrogens is 3. The van der Waals surface area contributed by atoms with Gasteiger partial charge in [0.2, 0.25) is 11.8 Å². The van der Waals surface area contributed by atoms with Crippen molar-refractivity contribution in [1.82, 2.24) is 14.8 Å². The molecule has 2 amide bonds. The molecule has 168 valence electrons. The molecule has 11 heteroatoms. The minimum atomic E-state index is -0.267. The number of anilines is 2. The Labute approximate surface area is 199 Å². The molecule has 0 spiro atoms. The number of nitrogens with zero attached hydrogens (tertiary/aromatic N) is 3. The van der Waals surface area contributed by atoms with E-state index in [1.165, 1.54) is 11.8 Å². The number of carbonyl (C=O) groups is 2. The molecule has 0 unspecified atom stereocenters. The third-order valence-corrected chi connectivity index (χ3v) is 5.81. The molecule has 0 bridgehead atoms. The van der Waals surface area contributed by atoms with Crippen LogP contribution in [0.2, 0.25) is 10.0 Å². The number of hydrogen-bond donors (Lipinski definition) is 2. The topological polar surface area (TPSA) is 98.1 Å². The Morgan fingerprint density at radius 1 is 1.06 bits per heavy atom. The van der Waals surface area contributed by atoms with E-state index in [-0.39, 0.29) is 24.0 Å². The number of halogens is 2. The minimum Gasteiger partial charge on any atom is -0.494 e. The van der Waals surface area contributed by atoms with Gasteiger partial charge in [-0.2, -0.15) is 0 Å². The van der Waals surface area contributed by atoms with Crippen molar-refractivity contribution in [1.29, 1.82) is 0 Å². The Bertz CT molecular complexity index is 1110. The van der Waals surface area contributed by atoms with Crippen LogP contribution in [-0.4, -0.2) is 38.9 Å². The van der Waals surface area contributed by atoms with Crippen molar-refractivity contribution in [3.63, 3.8) is 0 Å². The Hall–Kier alpha value is -2.75. The Kier molecular flexibility index (Phi) is 8.38. The highest BCUT2D eigenvalue weighted by Crippen LogP contribution is 2.26. The zero-order valence-corrected chi connectivity index (χ0v) is 19.7. The van der Waals surface area contributed by atoms with E-state index >= 15 is 0 Å². The lowest BCUT2D eigenvalue weighted by Crippen LogP contribution is -2.17. The van der Waals surface area contributed by atoms with Gasteiger partial charge in [-0.3, -0.25) is 9.59 Å². The van der Waals surface area contributed by atoms with Crippen molar-refractivity contribution in [2.45, 2.75) is 18.5 Å². The number of carbonyl (C=O) groups excluding carboxylic acids is 2. The molecule has 2 aromatic carbocycles. The van der Waals surface area contributed by atoms with Crippen molar-refractivity contribution < 1.29 is 14.3 Å². The number of thioether (sulfide) groups is 1. The van der Waals surface area contributed by atoms with Gasteiger partial charge in [-0.1, -0.05) is 35.0 Å². The van der Waals surface area contributed by atoms with Crippen molar-refractivity contribution in [3.05, 3.63) is 58.3 Å². The standard InChI is InChI=1S/C21H21Cl2N5O3S/c1-3-31-15-7-5-14(6-8-15)24-19(29)11-18-26-27-21(28(18)2)32-12-20(30)25-17-10-13(22)4-9-16(17)23/h4-10H,3,11-12H2,1-2H3,(H,24,29)(H,25,30). The average Bonchev–Trinajstić information content (AvgIpc) is 3.10. The van der Waals surface area contributed by atoms with Gasteiger partial charge >= 0.3 is 0 Å². The van der Waals surface area contributed by atoms with E-state index in [0.29, 0.717) is 39.0 Å². The van der Waals surface area contributed by atoms with Gasteiger partial charge in [0, 0.05) is 17.8 Å². The molecule has 1 heterocycles. The lowest BCUT2D eigenvalue weighted by Gasteiger charge is -2.08. The second-order valence-corrected chi connectivity index (χ2v) is 8.39. The minimum absolute atomic E-state index is 0.0432. The summed E-state index contributed by atoms with van der Waals surface area (Å²) in [6.45, 7) is 2.48. The maximum atomic E-state index is 12.4. The number of amides is 2. The van der Waals surface area contributed by atoms with Gasteiger partial charge in [0.05, 0.1) is 29.5 Å². The molecule has 0 atom stereocenters. The highest BCUT2D eigenvalue weighted by Gasteiger charge is 2.15. The van der Waals surface area contributed by atoms with Gasteiger partial charge in [-0.25, -0.2) is 0 Å². The number of hydrogen-bond acceptors (Lipinski definition) is 6. The van der Waals surface area contributed by atoms with Crippen LogP contribution in [0.1, 0.15) is 12.7 Å². The molecule has 0 aliphatic heterocycles. The molecule has 0 radical (unpaired) electrons. The van der Waals surface area contributed by atoms with E-state index in [4.69, 9.17) is 27.9 Å². The number of ether oxygens (including phenoxy) is 1. The Balaban J connectivity index is 1.52. The molecule has 0 saturated carbocycles. The summed E-state index contributed by atoms with van der Waals surface area (Å²) in [5, 5.41) is 15.0. The molecule has 3 aromatic rings. The van der Waals surface area contributed by atoms with Gasteiger partial charge in [0.25, 0.3) is 0 Å². The first-order valence-electron chi connectivity index (χ1n) is 9.64. The summed E-state index contributed by atoms with van der Waals surface area (Å²) in [5.41, 5.74) is 1.10. The smallest absolute Gasteiger partial charge is 0.234 e. The lowest BCUT2D eigenvalue weighted by atomic mass is 10.3. The van der Waals surface area contributed by atoms with Crippen molar-refractivity contribution >= 4 is 58.2 Å². The van der Waals surface area contributed by atoms with Crippen molar-refractivity contribution in [2.24, 2.45) is 7.05 Å². The van der Waals surface area contributed by atoms with Crippen LogP contribution in [0.5, 0.6) is 5.75 Å². The first kappa shape index (κ1) is 23.9. The van der Waals surface area contributed by atoms with Crippen LogP contribution < -0.4 is 15.4 Å². The predicted octanol–water partition coefficient (Wildman–Crippen LogP) is 4.43. The first-order chi connectivity index (χ1) is 15.4. The van der Waals surface area contributed by atoms with Gasteiger partial charge < -0.3 is 19.9 Å². The molecule has 0 aliphatic carbocycles. The third-order valence-electron chi connectivity index (χ3n) is 4.23. The fourth-order valence-corrected chi connectivity index (χ4v) is 3.75. The number of benzene rings is 2. The second kappa shape index (κ2) is 11.2. The summed E-state index contributed by atoms with van der Waals surface area (Å²) in [4.78, 5) is 24.6. The zero-order chi connectivity index (χ0) is 23.1. The lowest BCUT2D eigenvalue weighted by molar-refractivity contribution is -0.116. The largest absolute Gasteiger partial charge is 0.494 e. The van der Waals surface area contributed by atoms with Crippen LogP contribution in [0.4, 0.5) is 11.4 Å². The monoisotopic (exact) mass is 493 g/mol. The van der Waals surface area contributed by atoms with Crippen LogP contribution in [0.3, 0.4) is 0 Å². The van der Waals surface area contributed by atoms with E-state index in [0.717, 1.165) is 5.75 Å². The van der Waals surface area contributed by atoms with Crippen molar-refractivity contribution in [2.75, 3.05) is 23.0 Å². The Morgan fingerprint density at radius 2 is 1.81 bits per heavy atom. The molecule has 0 saturated heterocycles. The van der Waals surface area contributed by atoms with Crippen molar-refractivity contribution in [3.8, 4) is 5.75 Å². The van der Waals surface area contributed by atoms with Gasteiger partial charge in [0.15, 0.2) is 5.16 Å². The highest BCUT2D eigenvalue weighted by molar-refractivity contribution is 7.99. The second-order valence-electron chi connectivity index (χ2n) is 6.60. The summed E-state index contributed by atoms with van der Waals surface area (Å²) in [6, 6.07) is 11.9. The highest BCUT2D eigenvalue weighted by atomic mass is 35.5. The normalized spacial score (nSPS) is 10.6. The molecular weight excluding hydrogens is 473 g/mol. The Morgan fingerprint density at radius 3 is 2.53 bits per heavy atom. The summed E-state index contributed by atoms with van der Waals surface area (Å²) in [6.07, 6.45) is 0.0432. The summed E-state index contributed by atoms with van der Waals surface area (Å²) in [7, 11) is 1.74. The molecule has 32 heavy (non-hydrogen) atoms. The van der Waals surface area contributed by atoms with E-state index in [1.54, 1.807) is 54.1 Å². The summed E-state index contributed by atoms with van der Waals surface area (Å²) < 4.78 is 7.07. The van der Waals surface area contributed by atoms with E-state index < -0.39 is 0 Å². The number of rotatable bonds is 9. The van der Waals surface area contributed by atoms with Crippen LogP contribution in [0.25, 0.3) is 0 Å².